The lowest BCUT2D eigenvalue weighted by Crippen LogP contribution is -2.27. The summed E-state index contributed by atoms with van der Waals surface area (Å²) >= 11 is 0. The number of pyridine rings is 1. The van der Waals surface area contributed by atoms with E-state index >= 15 is 0 Å². The molecule has 0 aliphatic carbocycles. The van der Waals surface area contributed by atoms with Crippen molar-refractivity contribution in [2.45, 2.75) is 38.3 Å². The van der Waals surface area contributed by atoms with Gasteiger partial charge in [0.2, 0.25) is 10.0 Å². The molecule has 0 saturated heterocycles. The van der Waals surface area contributed by atoms with Gasteiger partial charge in [0.25, 0.3) is 5.91 Å². The predicted octanol–water partition coefficient (Wildman–Crippen LogP) is 4.02. The number of nitrogens with zero attached hydrogens (tertiary/aromatic N) is 2. The molecule has 1 amide bonds. The van der Waals surface area contributed by atoms with E-state index in [1.54, 1.807) is 48.8 Å². The van der Waals surface area contributed by atoms with Gasteiger partial charge in [-0.15, -0.1) is 0 Å². The number of carbonyl (C=O) groups is 1. The maximum atomic E-state index is 12.9. The molecule has 0 saturated carbocycles. The maximum absolute atomic E-state index is 12.9. The molecule has 0 aliphatic rings. The zero-order valence-corrected chi connectivity index (χ0v) is 20.3. The second kappa shape index (κ2) is 10.1. The van der Waals surface area contributed by atoms with E-state index in [-0.39, 0.29) is 16.8 Å². The summed E-state index contributed by atoms with van der Waals surface area (Å²) in [6, 6.07) is 13.7. The van der Waals surface area contributed by atoms with E-state index < -0.39 is 10.0 Å². The Bertz CT molecular complexity index is 1200. The van der Waals surface area contributed by atoms with Crippen LogP contribution in [0.1, 0.15) is 45.6 Å². The Labute approximate surface area is 195 Å². The molecule has 33 heavy (non-hydrogen) atoms. The van der Waals surface area contributed by atoms with Crippen molar-refractivity contribution in [1.82, 2.24) is 14.6 Å². The predicted molar refractivity (Wildman–Crippen MR) is 128 cm³/mol. The van der Waals surface area contributed by atoms with E-state index in [1.165, 1.54) is 18.4 Å². The molecule has 0 fully saturated rings. The summed E-state index contributed by atoms with van der Waals surface area (Å²) in [4.78, 5) is 17.2. The second-order valence-electron chi connectivity index (χ2n) is 8.14. The Morgan fingerprint density at radius 2 is 1.73 bits per heavy atom. The Kier molecular flexibility index (Phi) is 7.50. The van der Waals surface area contributed by atoms with Crippen molar-refractivity contribution in [1.29, 1.82) is 0 Å². The van der Waals surface area contributed by atoms with Gasteiger partial charge in [-0.3, -0.25) is 9.78 Å². The van der Waals surface area contributed by atoms with Crippen molar-refractivity contribution in [2.24, 2.45) is 0 Å². The minimum Gasteiger partial charge on any atom is -0.488 e. The number of amides is 1. The van der Waals surface area contributed by atoms with Gasteiger partial charge < -0.3 is 10.1 Å². The molecule has 174 valence electrons. The summed E-state index contributed by atoms with van der Waals surface area (Å²) in [6.07, 6.45) is 3.48. The van der Waals surface area contributed by atoms with Crippen LogP contribution in [0.5, 0.6) is 5.75 Å². The fourth-order valence-corrected chi connectivity index (χ4v) is 4.35. The molecular formula is C25H29N3O4S. The molecule has 1 heterocycles. The Morgan fingerprint density at radius 3 is 2.27 bits per heavy atom. The molecule has 0 spiro atoms. The average molecular weight is 468 g/mol. The molecule has 7 nitrogen and oxygen atoms in total. The third-order valence-corrected chi connectivity index (χ3v) is 7.16. The fraction of sp³-hybridized carbons (Fsp3) is 0.280. The van der Waals surface area contributed by atoms with Gasteiger partial charge in [-0.25, -0.2) is 12.7 Å². The monoisotopic (exact) mass is 467 g/mol. The number of hydrogen-bond donors (Lipinski definition) is 1. The van der Waals surface area contributed by atoms with Crippen molar-refractivity contribution < 1.29 is 17.9 Å². The summed E-state index contributed by atoms with van der Waals surface area (Å²) < 4.78 is 31.6. The first kappa shape index (κ1) is 24.4. The van der Waals surface area contributed by atoms with Gasteiger partial charge in [-0.1, -0.05) is 18.2 Å². The normalized spacial score (nSPS) is 12.4. The van der Waals surface area contributed by atoms with E-state index in [1.807, 2.05) is 32.9 Å². The lowest BCUT2D eigenvalue weighted by molar-refractivity contribution is 0.0939. The first-order chi connectivity index (χ1) is 15.6. The standard InChI is InChI=1S/C25H29N3O4S/c1-17-13-22(14-18(2)24(17)32-16-20-7-6-12-26-15-20)25(29)27-19(3)21-8-10-23(11-9-21)33(30,31)28(4)5/h6-15,19H,16H2,1-5H3,(H,27,29). The van der Waals surface area contributed by atoms with E-state index in [9.17, 15) is 13.2 Å². The van der Waals surface area contributed by atoms with Crippen LogP contribution in [-0.2, 0) is 16.6 Å². The van der Waals surface area contributed by atoms with Crippen LogP contribution in [0.25, 0.3) is 0 Å². The van der Waals surface area contributed by atoms with Crippen LogP contribution in [-0.4, -0.2) is 37.7 Å². The lowest BCUT2D eigenvalue weighted by Gasteiger charge is -2.18. The lowest BCUT2D eigenvalue weighted by atomic mass is 10.0. The van der Waals surface area contributed by atoms with Crippen LogP contribution >= 0.6 is 0 Å². The molecule has 8 heteroatoms. The number of nitrogens with one attached hydrogen (secondary N) is 1. The van der Waals surface area contributed by atoms with Crippen molar-refractivity contribution >= 4 is 15.9 Å². The third-order valence-electron chi connectivity index (χ3n) is 5.33. The molecule has 3 rings (SSSR count). The summed E-state index contributed by atoms with van der Waals surface area (Å²) in [5, 5.41) is 2.98. The number of rotatable bonds is 8. The molecular weight excluding hydrogens is 438 g/mol. The van der Waals surface area contributed by atoms with Crippen molar-refractivity contribution in [3.63, 3.8) is 0 Å². The quantitative estimate of drug-likeness (QED) is 0.541. The zero-order valence-electron chi connectivity index (χ0n) is 19.5. The van der Waals surface area contributed by atoms with Gasteiger partial charge in [0.05, 0.1) is 10.9 Å². The molecule has 0 aliphatic heterocycles. The summed E-state index contributed by atoms with van der Waals surface area (Å²) in [5.74, 6) is 0.540. The van der Waals surface area contributed by atoms with Gasteiger partial charge in [-0.2, -0.15) is 0 Å². The zero-order chi connectivity index (χ0) is 24.2. The summed E-state index contributed by atoms with van der Waals surface area (Å²) in [6.45, 7) is 6.08. The summed E-state index contributed by atoms with van der Waals surface area (Å²) in [5.41, 5.74) is 4.06. The molecule has 0 radical (unpaired) electrons. The first-order valence-corrected chi connectivity index (χ1v) is 12.0. The minimum absolute atomic E-state index is 0.211. The average Bonchev–Trinajstić information content (AvgIpc) is 2.79. The highest BCUT2D eigenvalue weighted by atomic mass is 32.2. The van der Waals surface area contributed by atoms with Crippen molar-refractivity contribution in [2.75, 3.05) is 14.1 Å². The van der Waals surface area contributed by atoms with Gasteiger partial charge in [0.1, 0.15) is 12.4 Å². The Morgan fingerprint density at radius 1 is 1.09 bits per heavy atom. The molecule has 1 N–H and O–H groups in total. The van der Waals surface area contributed by atoms with E-state index in [0.717, 1.165) is 28.0 Å². The van der Waals surface area contributed by atoms with Crippen LogP contribution in [0.15, 0.2) is 65.8 Å². The van der Waals surface area contributed by atoms with Crippen molar-refractivity contribution in [3.8, 4) is 5.75 Å². The minimum atomic E-state index is -3.49. The van der Waals surface area contributed by atoms with Gasteiger partial charge >= 0.3 is 0 Å². The van der Waals surface area contributed by atoms with Gasteiger partial charge in [0, 0.05) is 37.6 Å². The number of sulfonamides is 1. The highest BCUT2D eigenvalue weighted by Crippen LogP contribution is 2.26. The van der Waals surface area contributed by atoms with Crippen LogP contribution in [0.2, 0.25) is 0 Å². The fourth-order valence-electron chi connectivity index (χ4n) is 3.45. The SMILES string of the molecule is Cc1cc(C(=O)NC(C)c2ccc(S(=O)(=O)N(C)C)cc2)cc(C)c1OCc1cccnc1. The molecule has 2 aromatic carbocycles. The number of aromatic nitrogens is 1. The number of benzene rings is 2. The second-order valence-corrected chi connectivity index (χ2v) is 10.3. The summed E-state index contributed by atoms with van der Waals surface area (Å²) in [7, 11) is -0.508. The van der Waals surface area contributed by atoms with Crippen LogP contribution in [0.4, 0.5) is 0 Å². The number of carbonyl (C=O) groups excluding carboxylic acids is 1. The third kappa shape index (κ3) is 5.77. The number of aryl methyl sites for hydroxylation is 2. The molecule has 1 aromatic heterocycles. The van der Waals surface area contributed by atoms with Gasteiger partial charge in [-0.05, 0) is 67.8 Å². The van der Waals surface area contributed by atoms with Crippen LogP contribution < -0.4 is 10.1 Å². The smallest absolute Gasteiger partial charge is 0.251 e. The molecule has 1 unspecified atom stereocenters. The van der Waals surface area contributed by atoms with E-state index in [4.69, 9.17) is 4.74 Å². The molecule has 3 aromatic rings. The highest BCUT2D eigenvalue weighted by Gasteiger charge is 2.19. The Balaban J connectivity index is 1.69. The largest absolute Gasteiger partial charge is 0.488 e. The number of hydrogen-bond acceptors (Lipinski definition) is 5. The van der Waals surface area contributed by atoms with Crippen LogP contribution in [0, 0.1) is 13.8 Å². The highest BCUT2D eigenvalue weighted by molar-refractivity contribution is 7.89. The topological polar surface area (TPSA) is 88.6 Å². The number of ether oxygens (including phenoxy) is 1. The van der Waals surface area contributed by atoms with Crippen molar-refractivity contribution in [3.05, 3.63) is 88.7 Å². The van der Waals surface area contributed by atoms with E-state index in [0.29, 0.717) is 12.2 Å². The molecule has 1 atom stereocenters. The van der Waals surface area contributed by atoms with Gasteiger partial charge in [0.15, 0.2) is 0 Å². The van der Waals surface area contributed by atoms with Crippen LogP contribution in [0.3, 0.4) is 0 Å². The maximum Gasteiger partial charge on any atom is 0.251 e. The first-order valence-electron chi connectivity index (χ1n) is 10.6. The molecule has 0 bridgehead atoms. The van der Waals surface area contributed by atoms with E-state index in [2.05, 4.69) is 10.3 Å². The Hall–Kier alpha value is -3.23.